The van der Waals surface area contributed by atoms with Crippen molar-refractivity contribution in [1.29, 1.82) is 0 Å². The molecule has 0 aliphatic rings. The van der Waals surface area contributed by atoms with Gasteiger partial charge in [-0.3, -0.25) is 0 Å². The summed E-state index contributed by atoms with van der Waals surface area (Å²) in [5, 5.41) is 2.96. The number of nitrogens with one attached hydrogen (secondary N) is 1. The number of carbonyl (C=O) groups is 1. The van der Waals surface area contributed by atoms with Crippen molar-refractivity contribution < 1.29 is 4.79 Å². The van der Waals surface area contributed by atoms with E-state index >= 15 is 0 Å². The Kier molecular flexibility index (Phi) is 7.09. The van der Waals surface area contributed by atoms with Gasteiger partial charge in [0.15, 0.2) is 0 Å². The van der Waals surface area contributed by atoms with Gasteiger partial charge in [-0.2, -0.15) is 11.8 Å². The maximum atomic E-state index is 12.0. The molecule has 2 amide bonds. The Balaban J connectivity index is 2.33. The molecule has 4 heteroatoms. The minimum absolute atomic E-state index is 0.0101. The van der Waals surface area contributed by atoms with E-state index in [0.717, 1.165) is 17.7 Å². The van der Waals surface area contributed by atoms with Crippen molar-refractivity contribution in [3.8, 4) is 0 Å². The summed E-state index contributed by atoms with van der Waals surface area (Å²) in [7, 11) is 1.83. The highest BCUT2D eigenvalue weighted by molar-refractivity contribution is 8.00. The molecule has 0 spiro atoms. The predicted molar refractivity (Wildman–Crippen MR) is 92.9 cm³/mol. The molecule has 21 heavy (non-hydrogen) atoms. The maximum absolute atomic E-state index is 12.0. The Morgan fingerprint density at radius 2 is 1.76 bits per heavy atom. The van der Waals surface area contributed by atoms with Crippen molar-refractivity contribution in [2.24, 2.45) is 0 Å². The molecule has 0 bridgehead atoms. The molecule has 1 aromatic carbocycles. The highest BCUT2D eigenvalue weighted by atomic mass is 32.2. The van der Waals surface area contributed by atoms with Crippen LogP contribution in [0.5, 0.6) is 0 Å². The molecule has 1 N–H and O–H groups in total. The molecule has 118 valence electrons. The van der Waals surface area contributed by atoms with Gasteiger partial charge >= 0.3 is 6.03 Å². The number of thioether (sulfide) groups is 1. The van der Waals surface area contributed by atoms with Crippen LogP contribution in [0.15, 0.2) is 24.3 Å². The molecule has 3 nitrogen and oxygen atoms in total. The summed E-state index contributed by atoms with van der Waals surface area (Å²) in [4.78, 5) is 13.7. The lowest BCUT2D eigenvalue weighted by molar-refractivity contribution is 0.207. The van der Waals surface area contributed by atoms with Crippen molar-refractivity contribution in [1.82, 2.24) is 10.2 Å². The van der Waals surface area contributed by atoms with E-state index in [2.05, 4.69) is 57.3 Å². The van der Waals surface area contributed by atoms with Crippen LogP contribution < -0.4 is 5.32 Å². The van der Waals surface area contributed by atoms with Crippen LogP contribution in [0, 0.1) is 0 Å². The molecule has 0 heterocycles. The van der Waals surface area contributed by atoms with Gasteiger partial charge in [-0.15, -0.1) is 0 Å². The number of hydrogen-bond donors (Lipinski definition) is 1. The Morgan fingerprint density at radius 1 is 1.19 bits per heavy atom. The first-order valence-electron chi connectivity index (χ1n) is 7.52. The van der Waals surface area contributed by atoms with E-state index in [9.17, 15) is 4.79 Å². The third-order valence-corrected chi connectivity index (χ3v) is 4.39. The molecular formula is C17H28N2OS. The van der Waals surface area contributed by atoms with Crippen molar-refractivity contribution in [3.63, 3.8) is 0 Å². The first-order chi connectivity index (χ1) is 9.81. The average Bonchev–Trinajstić information content (AvgIpc) is 2.43. The molecule has 0 aromatic heterocycles. The molecule has 0 fully saturated rings. The Bertz CT molecular complexity index is 437. The first kappa shape index (κ1) is 17.9. The second-order valence-electron chi connectivity index (χ2n) is 6.22. The quantitative estimate of drug-likeness (QED) is 0.808. The smallest absolute Gasteiger partial charge is 0.317 e. The second kappa shape index (κ2) is 8.32. The first-order valence-corrected chi connectivity index (χ1v) is 8.51. The summed E-state index contributed by atoms with van der Waals surface area (Å²) < 4.78 is 0.248. The van der Waals surface area contributed by atoms with Gasteiger partial charge in [-0.05, 0) is 17.5 Å². The van der Waals surface area contributed by atoms with E-state index in [1.807, 2.05) is 18.8 Å². The molecule has 0 saturated heterocycles. The minimum atomic E-state index is -0.0101. The lowest BCUT2D eigenvalue weighted by Crippen LogP contribution is -2.38. The standard InChI is InChI=1S/C17H28N2OS/c1-6-14-7-9-15(10-8-14)13-19(5)16(20)18-11-12-21-17(2,3)4/h7-10H,6,11-13H2,1-5H3,(H,18,20). The molecule has 0 aliphatic carbocycles. The minimum Gasteiger partial charge on any atom is -0.337 e. The highest BCUT2D eigenvalue weighted by Gasteiger charge is 2.11. The van der Waals surface area contributed by atoms with Crippen molar-refractivity contribution >= 4 is 17.8 Å². The van der Waals surface area contributed by atoms with Crippen LogP contribution in [0.4, 0.5) is 4.79 Å². The van der Waals surface area contributed by atoms with E-state index in [0.29, 0.717) is 13.1 Å². The molecular weight excluding hydrogens is 280 g/mol. The fraction of sp³-hybridized carbons (Fsp3) is 0.588. The van der Waals surface area contributed by atoms with E-state index in [1.54, 1.807) is 4.90 Å². The van der Waals surface area contributed by atoms with Gasteiger partial charge in [0.1, 0.15) is 0 Å². The van der Waals surface area contributed by atoms with Gasteiger partial charge in [-0.25, -0.2) is 4.79 Å². The summed E-state index contributed by atoms with van der Waals surface area (Å²) >= 11 is 1.86. The number of benzene rings is 1. The lowest BCUT2D eigenvalue weighted by Gasteiger charge is -2.20. The summed E-state index contributed by atoms with van der Waals surface area (Å²) in [5.41, 5.74) is 2.49. The second-order valence-corrected chi connectivity index (χ2v) is 8.14. The fourth-order valence-corrected chi connectivity index (χ4v) is 2.69. The molecule has 1 aromatic rings. The number of urea groups is 1. The zero-order chi connectivity index (χ0) is 15.9. The van der Waals surface area contributed by atoms with Crippen LogP contribution in [-0.2, 0) is 13.0 Å². The van der Waals surface area contributed by atoms with E-state index in [4.69, 9.17) is 0 Å². The number of rotatable bonds is 6. The number of hydrogen-bond acceptors (Lipinski definition) is 2. The molecule has 0 radical (unpaired) electrons. The van der Waals surface area contributed by atoms with Gasteiger partial charge < -0.3 is 10.2 Å². The monoisotopic (exact) mass is 308 g/mol. The predicted octanol–water partition coefficient (Wildman–Crippen LogP) is 3.92. The molecule has 1 rings (SSSR count). The summed E-state index contributed by atoms with van der Waals surface area (Å²) in [6.45, 7) is 10.1. The van der Waals surface area contributed by atoms with Crippen molar-refractivity contribution in [3.05, 3.63) is 35.4 Å². The number of amides is 2. The van der Waals surface area contributed by atoms with Crippen LogP contribution in [0.2, 0.25) is 0 Å². The highest BCUT2D eigenvalue weighted by Crippen LogP contribution is 2.22. The zero-order valence-corrected chi connectivity index (χ0v) is 14.7. The SMILES string of the molecule is CCc1ccc(CN(C)C(=O)NCCSC(C)(C)C)cc1. The summed E-state index contributed by atoms with van der Waals surface area (Å²) in [6.07, 6.45) is 1.04. The van der Waals surface area contributed by atoms with Gasteiger partial charge in [0.25, 0.3) is 0 Å². The van der Waals surface area contributed by atoms with Crippen molar-refractivity contribution in [2.45, 2.75) is 45.4 Å². The normalized spacial score (nSPS) is 11.3. The Morgan fingerprint density at radius 3 is 2.29 bits per heavy atom. The Hall–Kier alpha value is -1.16. The fourth-order valence-electron chi connectivity index (χ4n) is 1.88. The van der Waals surface area contributed by atoms with Gasteiger partial charge in [-0.1, -0.05) is 52.0 Å². The average molecular weight is 308 g/mol. The topological polar surface area (TPSA) is 32.3 Å². The van der Waals surface area contributed by atoms with Crippen LogP contribution >= 0.6 is 11.8 Å². The van der Waals surface area contributed by atoms with Crippen LogP contribution in [0.3, 0.4) is 0 Å². The summed E-state index contributed by atoms with van der Waals surface area (Å²) in [6, 6.07) is 8.43. The summed E-state index contributed by atoms with van der Waals surface area (Å²) in [5.74, 6) is 0.939. The lowest BCUT2D eigenvalue weighted by atomic mass is 10.1. The van der Waals surface area contributed by atoms with E-state index < -0.39 is 0 Å². The third kappa shape index (κ3) is 7.42. The van der Waals surface area contributed by atoms with Crippen molar-refractivity contribution in [2.75, 3.05) is 19.3 Å². The van der Waals surface area contributed by atoms with E-state index in [1.165, 1.54) is 5.56 Å². The van der Waals surface area contributed by atoms with Crippen LogP contribution in [0.1, 0.15) is 38.8 Å². The third-order valence-electron chi connectivity index (χ3n) is 3.11. The van der Waals surface area contributed by atoms with Crippen LogP contribution in [0.25, 0.3) is 0 Å². The molecule has 0 atom stereocenters. The molecule has 0 unspecified atom stereocenters. The number of aryl methyl sites for hydroxylation is 1. The molecule has 0 saturated carbocycles. The van der Waals surface area contributed by atoms with Gasteiger partial charge in [0.2, 0.25) is 0 Å². The number of carbonyl (C=O) groups excluding carboxylic acids is 1. The zero-order valence-electron chi connectivity index (χ0n) is 13.9. The largest absolute Gasteiger partial charge is 0.337 e. The van der Waals surface area contributed by atoms with Gasteiger partial charge in [0.05, 0.1) is 0 Å². The number of nitrogens with zero attached hydrogens (tertiary/aromatic N) is 1. The Labute approximate surface area is 133 Å². The molecule has 0 aliphatic heterocycles. The maximum Gasteiger partial charge on any atom is 0.317 e. The van der Waals surface area contributed by atoms with Gasteiger partial charge in [0, 0.05) is 30.6 Å². The van der Waals surface area contributed by atoms with Crippen LogP contribution in [-0.4, -0.2) is 35.0 Å². The van der Waals surface area contributed by atoms with E-state index in [-0.39, 0.29) is 10.8 Å².